The van der Waals surface area contributed by atoms with Gasteiger partial charge in [-0.25, -0.2) is 0 Å². The van der Waals surface area contributed by atoms with Crippen molar-refractivity contribution in [2.75, 3.05) is 20.3 Å². The van der Waals surface area contributed by atoms with E-state index in [0.717, 1.165) is 14.6 Å². The Hall–Kier alpha value is 0.0300. The van der Waals surface area contributed by atoms with E-state index in [2.05, 4.69) is 42.2 Å². The highest BCUT2D eigenvalue weighted by Crippen LogP contribution is 2.24. The molecule has 1 heterocycles. The topological polar surface area (TPSA) is 34.1 Å². The first-order chi connectivity index (χ1) is 7.19. The molecule has 0 aliphatic rings. The fourth-order valence-electron chi connectivity index (χ4n) is 1.22. The van der Waals surface area contributed by atoms with Crippen molar-refractivity contribution in [3.05, 3.63) is 26.9 Å². The molecule has 1 unspecified atom stereocenters. The Morgan fingerprint density at radius 2 is 2.27 bits per heavy atom. The molecule has 1 rings (SSSR count). The lowest BCUT2D eigenvalue weighted by molar-refractivity contribution is 0.124. The van der Waals surface area contributed by atoms with Crippen LogP contribution in [0.4, 0.5) is 0 Å². The van der Waals surface area contributed by atoms with Gasteiger partial charge in [0, 0.05) is 21.7 Å². The van der Waals surface area contributed by atoms with Crippen molar-refractivity contribution >= 4 is 31.9 Å². The van der Waals surface area contributed by atoms with Crippen LogP contribution < -0.4 is 5.32 Å². The molecule has 1 aromatic heterocycles. The summed E-state index contributed by atoms with van der Waals surface area (Å²) in [4.78, 5) is 4.37. The van der Waals surface area contributed by atoms with Crippen molar-refractivity contribution in [1.82, 2.24) is 10.3 Å². The average Bonchev–Trinajstić information content (AvgIpc) is 2.21. The minimum Gasteiger partial charge on any atom is -0.380 e. The van der Waals surface area contributed by atoms with Gasteiger partial charge in [-0.15, -0.1) is 0 Å². The van der Waals surface area contributed by atoms with Crippen molar-refractivity contribution < 1.29 is 4.74 Å². The number of nitrogens with zero attached hydrogens (tertiary/aromatic N) is 1. The van der Waals surface area contributed by atoms with Gasteiger partial charge < -0.3 is 10.1 Å². The number of rotatable bonds is 5. The quantitative estimate of drug-likeness (QED) is 0.897. The summed E-state index contributed by atoms with van der Waals surface area (Å²) in [5.74, 6) is 0. The number of hydrogen-bond donors (Lipinski definition) is 1. The Kier molecular flexibility index (Phi) is 5.74. The van der Waals surface area contributed by atoms with Crippen molar-refractivity contribution in [3.8, 4) is 0 Å². The van der Waals surface area contributed by atoms with Crippen molar-refractivity contribution in [3.63, 3.8) is 0 Å². The van der Waals surface area contributed by atoms with Crippen molar-refractivity contribution in [1.29, 1.82) is 0 Å². The van der Waals surface area contributed by atoms with Gasteiger partial charge >= 0.3 is 0 Å². The molecule has 5 heteroatoms. The molecule has 3 nitrogen and oxygen atoms in total. The third kappa shape index (κ3) is 3.83. The van der Waals surface area contributed by atoms with Crippen LogP contribution in [-0.4, -0.2) is 25.2 Å². The van der Waals surface area contributed by atoms with Crippen LogP contribution in [0.1, 0.15) is 18.7 Å². The molecule has 84 valence electrons. The first kappa shape index (κ1) is 13.1. The van der Waals surface area contributed by atoms with E-state index in [1.807, 2.05) is 20.0 Å². The number of likely N-dealkylation sites (N-methyl/N-ethyl adjacent to an activating group) is 1. The summed E-state index contributed by atoms with van der Waals surface area (Å²) in [6.45, 7) is 3.32. The molecule has 0 fully saturated rings. The van der Waals surface area contributed by atoms with Gasteiger partial charge in [-0.3, -0.25) is 4.98 Å². The third-order valence-corrected chi connectivity index (χ3v) is 3.07. The minimum absolute atomic E-state index is 0.118. The van der Waals surface area contributed by atoms with E-state index >= 15 is 0 Å². The van der Waals surface area contributed by atoms with E-state index in [1.54, 1.807) is 6.20 Å². The van der Waals surface area contributed by atoms with Gasteiger partial charge in [0.2, 0.25) is 0 Å². The number of halogens is 2. The molecule has 0 amide bonds. The summed E-state index contributed by atoms with van der Waals surface area (Å²) < 4.78 is 7.34. The zero-order chi connectivity index (χ0) is 11.3. The van der Waals surface area contributed by atoms with Crippen LogP contribution in [0.25, 0.3) is 0 Å². The Balaban J connectivity index is 2.81. The Labute approximate surface area is 107 Å². The molecule has 0 saturated heterocycles. The number of ether oxygens (including phenoxy) is 1. The summed E-state index contributed by atoms with van der Waals surface area (Å²) in [5, 5.41) is 3.18. The van der Waals surface area contributed by atoms with Crippen molar-refractivity contribution in [2.45, 2.75) is 13.0 Å². The summed E-state index contributed by atoms with van der Waals surface area (Å²) in [6.07, 6.45) is 1.79. The van der Waals surface area contributed by atoms with E-state index in [1.165, 1.54) is 0 Å². The molecule has 15 heavy (non-hydrogen) atoms. The molecule has 0 bridgehead atoms. The predicted molar refractivity (Wildman–Crippen MR) is 67.9 cm³/mol. The van der Waals surface area contributed by atoms with Gasteiger partial charge in [0.15, 0.2) is 0 Å². The fourth-order valence-corrected chi connectivity index (χ4v) is 2.48. The standard InChI is InChI=1S/C10H14Br2N2O/c1-3-15-6-9(13-2)10-8(12)4-7(11)5-14-10/h4-5,9,13H,3,6H2,1-2H3. The minimum atomic E-state index is 0.118. The molecule has 0 aliphatic carbocycles. The monoisotopic (exact) mass is 336 g/mol. The number of hydrogen-bond acceptors (Lipinski definition) is 3. The van der Waals surface area contributed by atoms with Gasteiger partial charge in [0.1, 0.15) is 0 Å². The first-order valence-corrected chi connectivity index (χ1v) is 6.33. The average molecular weight is 338 g/mol. The molecule has 0 radical (unpaired) electrons. The summed E-state index contributed by atoms with van der Waals surface area (Å²) in [5.41, 5.74) is 0.967. The second-order valence-corrected chi connectivity index (χ2v) is 4.79. The lowest BCUT2D eigenvalue weighted by Gasteiger charge is -2.16. The molecule has 1 aromatic rings. The maximum absolute atomic E-state index is 5.39. The Morgan fingerprint density at radius 3 is 2.80 bits per heavy atom. The molecule has 0 spiro atoms. The lowest BCUT2D eigenvalue weighted by atomic mass is 10.2. The van der Waals surface area contributed by atoms with Gasteiger partial charge in [0.25, 0.3) is 0 Å². The molecule has 0 aliphatic heterocycles. The Morgan fingerprint density at radius 1 is 1.53 bits per heavy atom. The highest BCUT2D eigenvalue weighted by molar-refractivity contribution is 9.11. The third-order valence-electron chi connectivity index (χ3n) is 2.00. The smallest absolute Gasteiger partial charge is 0.0741 e. The normalized spacial score (nSPS) is 12.8. The highest BCUT2D eigenvalue weighted by Gasteiger charge is 2.14. The number of nitrogens with one attached hydrogen (secondary N) is 1. The first-order valence-electron chi connectivity index (χ1n) is 4.75. The van der Waals surface area contributed by atoms with Crippen LogP contribution in [0.3, 0.4) is 0 Å². The van der Waals surface area contributed by atoms with Gasteiger partial charge in [0.05, 0.1) is 18.3 Å². The highest BCUT2D eigenvalue weighted by atomic mass is 79.9. The summed E-state index contributed by atoms with van der Waals surface area (Å²) >= 11 is 6.87. The van der Waals surface area contributed by atoms with Crippen LogP contribution >= 0.6 is 31.9 Å². The molecule has 0 aromatic carbocycles. The Bertz CT molecular complexity index is 320. The van der Waals surface area contributed by atoms with Gasteiger partial charge in [-0.05, 0) is 51.9 Å². The predicted octanol–water partition coefficient (Wildman–Crippen LogP) is 2.90. The largest absolute Gasteiger partial charge is 0.380 e. The van der Waals surface area contributed by atoms with E-state index < -0.39 is 0 Å². The molecule has 1 N–H and O–H groups in total. The summed E-state index contributed by atoms with van der Waals surface area (Å²) in [7, 11) is 1.90. The lowest BCUT2D eigenvalue weighted by Crippen LogP contribution is -2.23. The molecule has 1 atom stereocenters. The van der Waals surface area contributed by atoms with Gasteiger partial charge in [-0.1, -0.05) is 0 Å². The molecule has 0 saturated carbocycles. The zero-order valence-electron chi connectivity index (χ0n) is 8.76. The second kappa shape index (κ2) is 6.58. The van der Waals surface area contributed by atoms with E-state index in [-0.39, 0.29) is 6.04 Å². The van der Waals surface area contributed by atoms with E-state index in [9.17, 15) is 0 Å². The van der Waals surface area contributed by atoms with Crippen LogP contribution in [-0.2, 0) is 4.74 Å². The van der Waals surface area contributed by atoms with Crippen LogP contribution in [0.2, 0.25) is 0 Å². The number of aromatic nitrogens is 1. The maximum Gasteiger partial charge on any atom is 0.0741 e. The van der Waals surface area contributed by atoms with Crippen LogP contribution in [0.5, 0.6) is 0 Å². The van der Waals surface area contributed by atoms with Crippen LogP contribution in [0.15, 0.2) is 21.2 Å². The van der Waals surface area contributed by atoms with Crippen molar-refractivity contribution in [2.24, 2.45) is 0 Å². The zero-order valence-corrected chi connectivity index (χ0v) is 11.9. The van der Waals surface area contributed by atoms with Gasteiger partial charge in [-0.2, -0.15) is 0 Å². The SMILES string of the molecule is CCOCC(NC)c1ncc(Br)cc1Br. The van der Waals surface area contributed by atoms with E-state index in [0.29, 0.717) is 13.2 Å². The van der Waals surface area contributed by atoms with E-state index in [4.69, 9.17) is 4.74 Å². The molecular weight excluding hydrogens is 324 g/mol. The summed E-state index contributed by atoms with van der Waals surface area (Å²) in [6, 6.07) is 2.10. The molecular formula is C10H14Br2N2O. The number of pyridine rings is 1. The second-order valence-electron chi connectivity index (χ2n) is 3.02. The fraction of sp³-hybridized carbons (Fsp3) is 0.500. The van der Waals surface area contributed by atoms with Crippen LogP contribution in [0, 0.1) is 0 Å². The maximum atomic E-state index is 5.39.